The van der Waals surface area contributed by atoms with Crippen LogP contribution in [0.2, 0.25) is 0 Å². The van der Waals surface area contributed by atoms with Crippen LogP contribution in [-0.4, -0.2) is 29.8 Å². The van der Waals surface area contributed by atoms with Gasteiger partial charge in [0.05, 0.1) is 0 Å². The standard InChI is InChI=1S/C9H9O2.Mg.2H/c1-2-7-3-4-8-9(5-7)11-6-10-8;;;/h3-5H,1-2,6H2;;;. The molecule has 0 fully saturated rings. The molecule has 61 valence electrons. The van der Waals surface area contributed by atoms with Gasteiger partial charge >= 0.3 is 23.1 Å². The van der Waals surface area contributed by atoms with Crippen LogP contribution < -0.4 is 9.47 Å². The van der Waals surface area contributed by atoms with Crippen LogP contribution >= 0.6 is 0 Å². The van der Waals surface area contributed by atoms with E-state index >= 15 is 0 Å². The second-order valence-corrected chi connectivity index (χ2v) is 2.44. The molecule has 1 aromatic rings. The third-order valence-corrected chi connectivity index (χ3v) is 1.73. The zero-order chi connectivity index (χ0) is 7.68. The van der Waals surface area contributed by atoms with Crippen LogP contribution in [0.1, 0.15) is 5.56 Å². The van der Waals surface area contributed by atoms with E-state index in [2.05, 4.69) is 6.92 Å². The molecular formula is C9H11MgO2. The third-order valence-electron chi connectivity index (χ3n) is 1.73. The summed E-state index contributed by atoms with van der Waals surface area (Å²) in [7, 11) is 0. The predicted molar refractivity (Wildman–Crippen MR) is 50.2 cm³/mol. The second kappa shape index (κ2) is 4.00. The first-order valence-corrected chi connectivity index (χ1v) is 3.58. The lowest BCUT2D eigenvalue weighted by Crippen LogP contribution is -1.92. The molecule has 0 spiro atoms. The summed E-state index contributed by atoms with van der Waals surface area (Å²) in [6, 6.07) is 5.89. The lowest BCUT2D eigenvalue weighted by molar-refractivity contribution is 0.174. The summed E-state index contributed by atoms with van der Waals surface area (Å²) in [6.45, 7) is 4.13. The van der Waals surface area contributed by atoms with Crippen LogP contribution in [0.15, 0.2) is 18.2 Å². The Morgan fingerprint density at radius 3 is 2.75 bits per heavy atom. The molecule has 1 aliphatic heterocycles. The molecule has 1 radical (unpaired) electrons. The number of ether oxygens (including phenoxy) is 2. The van der Waals surface area contributed by atoms with E-state index in [0.29, 0.717) is 6.79 Å². The van der Waals surface area contributed by atoms with Gasteiger partial charge < -0.3 is 9.47 Å². The Morgan fingerprint density at radius 1 is 1.25 bits per heavy atom. The van der Waals surface area contributed by atoms with E-state index in [1.54, 1.807) is 0 Å². The molecule has 1 heterocycles. The van der Waals surface area contributed by atoms with Crippen molar-refractivity contribution in [2.24, 2.45) is 0 Å². The van der Waals surface area contributed by atoms with Crippen molar-refractivity contribution < 1.29 is 9.47 Å². The zero-order valence-corrected chi connectivity index (χ0v) is 6.17. The number of hydrogen-bond acceptors (Lipinski definition) is 2. The van der Waals surface area contributed by atoms with Crippen molar-refractivity contribution in [1.29, 1.82) is 0 Å². The average molecular weight is 175 g/mol. The molecule has 3 heteroatoms. The fraction of sp³-hybridized carbons (Fsp3) is 0.222. The van der Waals surface area contributed by atoms with E-state index in [1.807, 2.05) is 18.2 Å². The minimum atomic E-state index is 0. The molecule has 0 aromatic heterocycles. The fourth-order valence-corrected chi connectivity index (χ4v) is 1.10. The second-order valence-electron chi connectivity index (χ2n) is 2.44. The van der Waals surface area contributed by atoms with Gasteiger partial charge in [0, 0.05) is 0 Å². The zero-order valence-electron chi connectivity index (χ0n) is 6.17. The van der Waals surface area contributed by atoms with Gasteiger partial charge in [-0.2, -0.15) is 0 Å². The number of fused-ring (bicyclic) bond motifs is 1. The Labute approximate surface area is 88.0 Å². The van der Waals surface area contributed by atoms with Gasteiger partial charge in [0.25, 0.3) is 0 Å². The molecule has 0 N–H and O–H groups in total. The molecule has 1 aromatic carbocycles. The molecule has 12 heavy (non-hydrogen) atoms. The van der Waals surface area contributed by atoms with E-state index in [0.717, 1.165) is 17.9 Å². The summed E-state index contributed by atoms with van der Waals surface area (Å²) < 4.78 is 10.3. The summed E-state index contributed by atoms with van der Waals surface area (Å²) in [5.74, 6) is 1.67. The summed E-state index contributed by atoms with van der Waals surface area (Å²) in [5.41, 5.74) is 1.18. The molecule has 0 saturated carbocycles. The molecule has 0 saturated heterocycles. The SMILES string of the molecule is [CH2]Cc1ccc2c(c1)OCO2.[MgH2]. The highest BCUT2D eigenvalue weighted by Crippen LogP contribution is 2.32. The van der Waals surface area contributed by atoms with Gasteiger partial charge in [-0.25, -0.2) is 0 Å². The average Bonchev–Trinajstić information content (AvgIpc) is 2.50. The summed E-state index contributed by atoms with van der Waals surface area (Å²) >= 11 is 0. The summed E-state index contributed by atoms with van der Waals surface area (Å²) in [6.07, 6.45) is 0.788. The van der Waals surface area contributed by atoms with Crippen LogP contribution in [0.3, 0.4) is 0 Å². The van der Waals surface area contributed by atoms with Gasteiger partial charge in [0.2, 0.25) is 6.79 Å². The highest BCUT2D eigenvalue weighted by atomic mass is 24.3. The Balaban J connectivity index is 0.000000720. The van der Waals surface area contributed by atoms with Gasteiger partial charge in [0.15, 0.2) is 11.5 Å². The third kappa shape index (κ3) is 1.67. The van der Waals surface area contributed by atoms with Gasteiger partial charge in [-0.3, -0.25) is 0 Å². The first kappa shape index (κ1) is 9.67. The summed E-state index contributed by atoms with van der Waals surface area (Å²) in [4.78, 5) is 0. The highest BCUT2D eigenvalue weighted by Gasteiger charge is 2.11. The molecule has 2 rings (SSSR count). The largest absolute Gasteiger partial charge is 0.454 e. The minimum absolute atomic E-state index is 0. The first-order chi connectivity index (χ1) is 5.40. The van der Waals surface area contributed by atoms with Gasteiger partial charge in [-0.1, -0.05) is 6.07 Å². The first-order valence-electron chi connectivity index (χ1n) is 3.58. The Bertz CT molecular complexity index is 273. The Hall–Kier alpha value is -0.414. The van der Waals surface area contributed by atoms with Crippen LogP contribution in [0.25, 0.3) is 0 Å². The van der Waals surface area contributed by atoms with Crippen molar-refractivity contribution >= 4 is 23.1 Å². The highest BCUT2D eigenvalue weighted by molar-refractivity contribution is 5.75. The molecule has 2 nitrogen and oxygen atoms in total. The monoisotopic (exact) mass is 175 g/mol. The van der Waals surface area contributed by atoms with Crippen molar-refractivity contribution in [3.8, 4) is 11.5 Å². The van der Waals surface area contributed by atoms with Crippen molar-refractivity contribution in [3.63, 3.8) is 0 Å². The maximum Gasteiger partial charge on any atom is 0.316 e. The molecule has 0 unspecified atom stereocenters. The molecule has 0 bridgehead atoms. The van der Waals surface area contributed by atoms with E-state index in [9.17, 15) is 0 Å². The molecule has 0 amide bonds. The van der Waals surface area contributed by atoms with Crippen molar-refractivity contribution in [1.82, 2.24) is 0 Å². The minimum Gasteiger partial charge on any atom is -0.454 e. The van der Waals surface area contributed by atoms with Crippen LogP contribution in [0, 0.1) is 6.92 Å². The molecule has 0 atom stereocenters. The Kier molecular flexibility index (Phi) is 3.23. The topological polar surface area (TPSA) is 18.5 Å². The number of hydrogen-bond donors (Lipinski definition) is 0. The van der Waals surface area contributed by atoms with Crippen molar-refractivity contribution in [2.75, 3.05) is 6.79 Å². The lowest BCUT2D eigenvalue weighted by atomic mass is 10.1. The Morgan fingerprint density at radius 2 is 2.00 bits per heavy atom. The fourth-order valence-electron chi connectivity index (χ4n) is 1.10. The lowest BCUT2D eigenvalue weighted by Gasteiger charge is -1.97. The quantitative estimate of drug-likeness (QED) is 0.590. The van der Waals surface area contributed by atoms with Gasteiger partial charge in [0.1, 0.15) is 0 Å². The predicted octanol–water partition coefficient (Wildman–Crippen LogP) is 0.876. The van der Waals surface area contributed by atoms with E-state index in [-0.39, 0.29) is 23.1 Å². The van der Waals surface area contributed by atoms with Crippen LogP contribution in [0.5, 0.6) is 11.5 Å². The number of rotatable bonds is 1. The van der Waals surface area contributed by atoms with Crippen molar-refractivity contribution in [3.05, 3.63) is 30.7 Å². The molecule has 0 aliphatic carbocycles. The van der Waals surface area contributed by atoms with E-state index < -0.39 is 0 Å². The molecule has 1 aliphatic rings. The van der Waals surface area contributed by atoms with E-state index in [1.165, 1.54) is 5.56 Å². The smallest absolute Gasteiger partial charge is 0.316 e. The van der Waals surface area contributed by atoms with Crippen LogP contribution in [0.4, 0.5) is 0 Å². The maximum absolute atomic E-state index is 5.19. The van der Waals surface area contributed by atoms with Gasteiger partial charge in [-0.05, 0) is 31.0 Å². The normalized spacial score (nSPS) is 12.4. The summed E-state index contributed by atoms with van der Waals surface area (Å²) in [5, 5.41) is 0. The van der Waals surface area contributed by atoms with Gasteiger partial charge in [-0.15, -0.1) is 0 Å². The van der Waals surface area contributed by atoms with Crippen molar-refractivity contribution in [2.45, 2.75) is 6.42 Å². The van der Waals surface area contributed by atoms with E-state index in [4.69, 9.17) is 9.47 Å². The van der Waals surface area contributed by atoms with Crippen LogP contribution in [-0.2, 0) is 6.42 Å². The number of benzene rings is 1. The molecular weight excluding hydrogens is 164 g/mol. The maximum atomic E-state index is 5.19.